The fourth-order valence-electron chi connectivity index (χ4n) is 2.06. The lowest BCUT2D eigenvalue weighted by atomic mass is 10.2. The fraction of sp³-hybridized carbons (Fsp3) is 0.312. The summed E-state index contributed by atoms with van der Waals surface area (Å²) in [6.45, 7) is 4.97. The van der Waals surface area contributed by atoms with E-state index in [9.17, 15) is 4.79 Å². The van der Waals surface area contributed by atoms with Crippen LogP contribution < -0.4 is 0 Å². The maximum Gasteiger partial charge on any atom is 0.290 e. The summed E-state index contributed by atoms with van der Waals surface area (Å²) in [4.78, 5) is 13.9. The second-order valence-electron chi connectivity index (χ2n) is 4.58. The predicted molar refractivity (Wildman–Crippen MR) is 76.0 cm³/mol. The van der Waals surface area contributed by atoms with E-state index in [1.54, 1.807) is 11.0 Å². The van der Waals surface area contributed by atoms with Crippen molar-refractivity contribution in [1.29, 1.82) is 0 Å². The summed E-state index contributed by atoms with van der Waals surface area (Å²) >= 11 is 0. The van der Waals surface area contributed by atoms with Crippen LogP contribution in [0.25, 0.3) is 11.0 Å². The Morgan fingerprint density at radius 3 is 2.89 bits per heavy atom. The number of rotatable bonds is 4. The van der Waals surface area contributed by atoms with E-state index in [1.807, 2.05) is 32.0 Å². The molecule has 0 aliphatic heterocycles. The minimum Gasteiger partial charge on any atom is -0.451 e. The monoisotopic (exact) mass is 255 g/mol. The van der Waals surface area contributed by atoms with Crippen LogP contribution >= 0.6 is 0 Å². The molecule has 1 aromatic carbocycles. The highest BCUT2D eigenvalue weighted by Gasteiger charge is 2.18. The molecule has 2 aromatic rings. The van der Waals surface area contributed by atoms with Crippen molar-refractivity contribution in [3.63, 3.8) is 0 Å². The minimum absolute atomic E-state index is 0.145. The Morgan fingerprint density at radius 2 is 2.21 bits per heavy atom. The van der Waals surface area contributed by atoms with E-state index in [0.29, 0.717) is 18.8 Å². The largest absolute Gasteiger partial charge is 0.451 e. The van der Waals surface area contributed by atoms with Gasteiger partial charge < -0.3 is 9.32 Å². The molecule has 0 unspecified atom stereocenters. The summed E-state index contributed by atoms with van der Waals surface area (Å²) in [5, 5.41) is 0.945. The average molecular weight is 255 g/mol. The van der Waals surface area contributed by atoms with Crippen LogP contribution in [-0.2, 0) is 0 Å². The first kappa shape index (κ1) is 13.2. The van der Waals surface area contributed by atoms with Gasteiger partial charge >= 0.3 is 0 Å². The summed E-state index contributed by atoms with van der Waals surface area (Å²) in [5.41, 5.74) is 1.87. The van der Waals surface area contributed by atoms with Crippen molar-refractivity contribution in [2.24, 2.45) is 0 Å². The lowest BCUT2D eigenvalue weighted by Crippen LogP contribution is -2.31. The Morgan fingerprint density at radius 1 is 1.42 bits per heavy atom. The van der Waals surface area contributed by atoms with Crippen LogP contribution in [0, 0.1) is 19.3 Å². The van der Waals surface area contributed by atoms with Crippen molar-refractivity contribution in [2.45, 2.75) is 20.3 Å². The van der Waals surface area contributed by atoms with Crippen molar-refractivity contribution < 1.29 is 9.21 Å². The van der Waals surface area contributed by atoms with Gasteiger partial charge in [-0.05, 0) is 31.5 Å². The quantitative estimate of drug-likeness (QED) is 0.786. The highest BCUT2D eigenvalue weighted by atomic mass is 16.3. The zero-order valence-electron chi connectivity index (χ0n) is 11.3. The van der Waals surface area contributed by atoms with E-state index < -0.39 is 0 Å². The topological polar surface area (TPSA) is 33.5 Å². The molecule has 1 aromatic heterocycles. The molecule has 3 heteroatoms. The zero-order chi connectivity index (χ0) is 13.8. The third-order valence-corrected chi connectivity index (χ3v) is 2.95. The van der Waals surface area contributed by atoms with Crippen LogP contribution in [0.2, 0.25) is 0 Å². The number of nitrogens with zero attached hydrogens (tertiary/aromatic N) is 1. The number of amides is 1. The van der Waals surface area contributed by atoms with Crippen LogP contribution in [0.4, 0.5) is 0 Å². The van der Waals surface area contributed by atoms with Crippen molar-refractivity contribution in [2.75, 3.05) is 13.1 Å². The molecule has 19 heavy (non-hydrogen) atoms. The van der Waals surface area contributed by atoms with Crippen molar-refractivity contribution in [1.82, 2.24) is 4.90 Å². The van der Waals surface area contributed by atoms with Gasteiger partial charge in [-0.2, -0.15) is 0 Å². The number of fused-ring (bicyclic) bond motifs is 1. The first-order valence-electron chi connectivity index (χ1n) is 6.38. The number of hydrogen-bond donors (Lipinski definition) is 0. The number of hydrogen-bond acceptors (Lipinski definition) is 2. The van der Waals surface area contributed by atoms with Gasteiger partial charge in [-0.1, -0.05) is 24.5 Å². The van der Waals surface area contributed by atoms with E-state index in [1.165, 1.54) is 0 Å². The van der Waals surface area contributed by atoms with Gasteiger partial charge in [-0.3, -0.25) is 4.79 Å². The Labute approximate surface area is 113 Å². The lowest BCUT2D eigenvalue weighted by Gasteiger charge is -2.17. The summed E-state index contributed by atoms with van der Waals surface area (Å²) in [6.07, 6.45) is 6.16. The molecule has 2 rings (SSSR count). The van der Waals surface area contributed by atoms with Crippen LogP contribution in [0.1, 0.15) is 29.5 Å². The molecule has 0 saturated heterocycles. The van der Waals surface area contributed by atoms with E-state index >= 15 is 0 Å². The summed E-state index contributed by atoms with van der Waals surface area (Å²) in [6, 6.07) is 7.63. The molecule has 0 radical (unpaired) electrons. The Hall–Kier alpha value is -2.21. The van der Waals surface area contributed by atoms with E-state index in [4.69, 9.17) is 10.8 Å². The van der Waals surface area contributed by atoms with Gasteiger partial charge in [0.1, 0.15) is 5.58 Å². The van der Waals surface area contributed by atoms with Gasteiger partial charge in [0.25, 0.3) is 5.91 Å². The number of carbonyl (C=O) groups is 1. The van der Waals surface area contributed by atoms with Crippen molar-refractivity contribution in [3.8, 4) is 12.3 Å². The molecule has 98 valence electrons. The third-order valence-electron chi connectivity index (χ3n) is 2.95. The highest BCUT2D eigenvalue weighted by Crippen LogP contribution is 2.21. The molecular weight excluding hydrogens is 238 g/mol. The molecule has 0 bridgehead atoms. The summed E-state index contributed by atoms with van der Waals surface area (Å²) < 4.78 is 5.60. The van der Waals surface area contributed by atoms with Crippen LogP contribution in [-0.4, -0.2) is 23.9 Å². The fourth-order valence-corrected chi connectivity index (χ4v) is 2.06. The van der Waals surface area contributed by atoms with Gasteiger partial charge in [0.05, 0.1) is 6.54 Å². The van der Waals surface area contributed by atoms with Crippen molar-refractivity contribution in [3.05, 3.63) is 35.6 Å². The number of carbonyl (C=O) groups excluding carboxylic acids is 1. The van der Waals surface area contributed by atoms with Gasteiger partial charge in [0, 0.05) is 11.9 Å². The number of terminal acetylenes is 1. The lowest BCUT2D eigenvalue weighted by molar-refractivity contribution is 0.0747. The normalized spacial score (nSPS) is 10.4. The standard InChI is InChI=1S/C16H17NO2/c1-4-8-17(9-5-2)16(18)15-11-13-10-12(3)6-7-14(13)19-15/h1,6-7,10-11H,5,8-9H2,2-3H3. The zero-order valence-corrected chi connectivity index (χ0v) is 11.3. The third kappa shape index (κ3) is 2.79. The number of aryl methyl sites for hydroxylation is 1. The molecule has 0 aliphatic carbocycles. The molecule has 3 nitrogen and oxygen atoms in total. The van der Waals surface area contributed by atoms with Crippen molar-refractivity contribution >= 4 is 16.9 Å². The molecule has 1 heterocycles. The van der Waals surface area contributed by atoms with Gasteiger partial charge in [-0.15, -0.1) is 6.42 Å². The molecule has 0 N–H and O–H groups in total. The van der Waals surface area contributed by atoms with Crippen LogP contribution in [0.3, 0.4) is 0 Å². The molecule has 0 atom stereocenters. The first-order chi connectivity index (χ1) is 9.15. The molecule has 0 saturated carbocycles. The smallest absolute Gasteiger partial charge is 0.290 e. The Balaban J connectivity index is 2.32. The first-order valence-corrected chi connectivity index (χ1v) is 6.38. The summed E-state index contributed by atoms with van der Waals surface area (Å²) in [5.74, 6) is 2.72. The molecule has 0 spiro atoms. The van der Waals surface area contributed by atoms with Crippen LogP contribution in [0.15, 0.2) is 28.7 Å². The molecule has 0 fully saturated rings. The minimum atomic E-state index is -0.145. The summed E-state index contributed by atoms with van der Waals surface area (Å²) in [7, 11) is 0. The molecular formula is C16H17NO2. The second kappa shape index (κ2) is 5.62. The SMILES string of the molecule is C#CCN(CCC)C(=O)c1cc2cc(C)ccc2o1. The van der Waals surface area contributed by atoms with Gasteiger partial charge in [0.2, 0.25) is 0 Å². The Bertz CT molecular complexity index is 634. The highest BCUT2D eigenvalue weighted by molar-refractivity contribution is 5.96. The van der Waals surface area contributed by atoms with Crippen LogP contribution in [0.5, 0.6) is 0 Å². The van der Waals surface area contributed by atoms with E-state index in [-0.39, 0.29) is 5.91 Å². The maximum atomic E-state index is 12.3. The average Bonchev–Trinajstić information content (AvgIpc) is 2.80. The van der Waals surface area contributed by atoms with E-state index in [2.05, 4.69) is 5.92 Å². The van der Waals surface area contributed by atoms with Gasteiger partial charge in [-0.25, -0.2) is 0 Å². The maximum absolute atomic E-state index is 12.3. The van der Waals surface area contributed by atoms with Gasteiger partial charge in [0.15, 0.2) is 5.76 Å². The predicted octanol–water partition coefficient (Wildman–Crippen LogP) is 3.23. The van der Waals surface area contributed by atoms with E-state index in [0.717, 1.165) is 23.0 Å². The molecule has 0 aliphatic rings. The number of furan rings is 1. The number of benzene rings is 1. The Kier molecular flexibility index (Phi) is 3.91. The molecule has 1 amide bonds. The second-order valence-corrected chi connectivity index (χ2v) is 4.58.